The Bertz CT molecular complexity index is 1130. The van der Waals surface area contributed by atoms with Crippen molar-refractivity contribution < 1.29 is 9.53 Å². The second-order valence-electron chi connectivity index (χ2n) is 7.29. The van der Waals surface area contributed by atoms with Gasteiger partial charge in [-0.05, 0) is 12.5 Å². The number of nitrogens with zero attached hydrogens (tertiary/aromatic N) is 5. The molecule has 0 unspecified atom stereocenters. The fraction of sp³-hybridized carbons (Fsp3) is 0.286. The molecule has 9 nitrogen and oxygen atoms in total. The molecule has 30 heavy (non-hydrogen) atoms. The molecule has 9 heteroatoms. The number of benzene rings is 1. The van der Waals surface area contributed by atoms with Gasteiger partial charge in [-0.25, -0.2) is 19.9 Å². The van der Waals surface area contributed by atoms with Crippen molar-refractivity contribution in [1.82, 2.24) is 25.3 Å². The van der Waals surface area contributed by atoms with Crippen LogP contribution in [-0.4, -0.2) is 47.0 Å². The third-order valence-electron chi connectivity index (χ3n) is 5.06. The lowest BCUT2D eigenvalue weighted by Crippen LogP contribution is -2.37. The van der Waals surface area contributed by atoms with Gasteiger partial charge in [0.15, 0.2) is 5.82 Å². The van der Waals surface area contributed by atoms with E-state index in [0.717, 1.165) is 11.1 Å². The fourth-order valence-corrected chi connectivity index (χ4v) is 3.73. The first-order chi connectivity index (χ1) is 14.4. The van der Waals surface area contributed by atoms with Crippen LogP contribution in [0.4, 0.5) is 11.8 Å². The zero-order valence-corrected chi connectivity index (χ0v) is 17.3. The van der Waals surface area contributed by atoms with Gasteiger partial charge >= 0.3 is 0 Å². The van der Waals surface area contributed by atoms with Crippen molar-refractivity contribution in [2.24, 2.45) is 0 Å². The van der Waals surface area contributed by atoms with E-state index in [-0.39, 0.29) is 17.9 Å². The molecule has 1 atom stereocenters. The number of nitrogens with two attached hydrogens (primary N) is 1. The van der Waals surface area contributed by atoms with Gasteiger partial charge in [-0.3, -0.25) is 4.79 Å². The highest BCUT2D eigenvalue weighted by molar-refractivity contribution is 5.98. The van der Waals surface area contributed by atoms with E-state index in [0.29, 0.717) is 40.8 Å². The Balaban J connectivity index is 1.77. The van der Waals surface area contributed by atoms with Crippen LogP contribution in [0.1, 0.15) is 33.4 Å². The molecule has 3 N–H and O–H groups in total. The summed E-state index contributed by atoms with van der Waals surface area (Å²) < 4.78 is 5.43. The van der Waals surface area contributed by atoms with Gasteiger partial charge in [-0.2, -0.15) is 0 Å². The molecule has 0 radical (unpaired) electrons. The minimum atomic E-state index is -0.281. The topological polar surface area (TPSA) is 119 Å². The maximum absolute atomic E-state index is 12.8. The standard InChI is InChI=1S/C21H23N7O2/c1-11-17-15(27-21(22)24-11)9-14(25-19(17)29)12-7-5-6-8-13(12)16-10-23-18(28(2)3)20(26-16)30-4/h5-8,10,14H,9H2,1-4H3,(H,25,29)(H2,22,24,27)/t14-/m1/s1. The average Bonchev–Trinajstić information content (AvgIpc) is 2.72. The molecular weight excluding hydrogens is 382 g/mol. The van der Waals surface area contributed by atoms with Gasteiger partial charge in [0.05, 0.1) is 42.0 Å². The number of hydrogen-bond donors (Lipinski definition) is 2. The molecular formula is C21H23N7O2. The smallest absolute Gasteiger partial charge is 0.257 e. The SMILES string of the molecule is COc1nc(-c2ccccc2[C@H]2Cc3nc(N)nc(C)c3C(=O)N2)cnc1N(C)C. The third-order valence-corrected chi connectivity index (χ3v) is 5.06. The van der Waals surface area contributed by atoms with Crippen LogP contribution >= 0.6 is 0 Å². The van der Waals surface area contributed by atoms with Gasteiger partial charge in [0.25, 0.3) is 11.8 Å². The number of rotatable bonds is 4. The predicted octanol–water partition coefficient (Wildman–Crippen LogP) is 1.93. The minimum absolute atomic E-state index is 0.169. The molecule has 3 heterocycles. The number of methoxy groups -OCH3 is 1. The maximum atomic E-state index is 12.8. The molecule has 1 amide bonds. The van der Waals surface area contributed by atoms with Crippen molar-refractivity contribution in [3.05, 3.63) is 53.0 Å². The highest BCUT2D eigenvalue weighted by atomic mass is 16.5. The molecule has 0 aliphatic carbocycles. The highest BCUT2D eigenvalue weighted by Crippen LogP contribution is 2.34. The molecule has 3 aromatic rings. The van der Waals surface area contributed by atoms with Crippen molar-refractivity contribution in [1.29, 1.82) is 0 Å². The lowest BCUT2D eigenvalue weighted by Gasteiger charge is -2.27. The molecule has 1 aromatic carbocycles. The molecule has 4 rings (SSSR count). The van der Waals surface area contributed by atoms with Gasteiger partial charge in [0.2, 0.25) is 5.95 Å². The van der Waals surface area contributed by atoms with Crippen molar-refractivity contribution in [2.45, 2.75) is 19.4 Å². The van der Waals surface area contributed by atoms with Gasteiger partial charge in [-0.1, -0.05) is 24.3 Å². The highest BCUT2D eigenvalue weighted by Gasteiger charge is 2.30. The Kier molecular flexibility index (Phi) is 4.94. The Morgan fingerprint density at radius 3 is 2.70 bits per heavy atom. The zero-order chi connectivity index (χ0) is 21.4. The number of ether oxygens (including phenoxy) is 1. The summed E-state index contributed by atoms with van der Waals surface area (Å²) in [5.41, 5.74) is 9.98. The quantitative estimate of drug-likeness (QED) is 0.676. The number of fused-ring (bicyclic) bond motifs is 1. The lowest BCUT2D eigenvalue weighted by molar-refractivity contribution is 0.0922. The molecule has 0 spiro atoms. The number of hydrogen-bond acceptors (Lipinski definition) is 8. The number of carbonyl (C=O) groups is 1. The molecule has 0 bridgehead atoms. The second-order valence-corrected chi connectivity index (χ2v) is 7.29. The minimum Gasteiger partial charge on any atom is -0.478 e. The van der Waals surface area contributed by atoms with Gasteiger partial charge in [0, 0.05) is 26.1 Å². The predicted molar refractivity (Wildman–Crippen MR) is 113 cm³/mol. The number of anilines is 2. The number of aromatic nitrogens is 4. The fourth-order valence-electron chi connectivity index (χ4n) is 3.73. The first-order valence-corrected chi connectivity index (χ1v) is 9.50. The third kappa shape index (κ3) is 3.38. The summed E-state index contributed by atoms with van der Waals surface area (Å²) in [6.45, 7) is 1.76. The molecule has 0 saturated heterocycles. The molecule has 2 aromatic heterocycles. The van der Waals surface area contributed by atoms with Crippen LogP contribution in [0.3, 0.4) is 0 Å². The molecule has 1 aliphatic heterocycles. The van der Waals surface area contributed by atoms with E-state index in [1.807, 2.05) is 43.3 Å². The Morgan fingerprint density at radius 2 is 1.97 bits per heavy atom. The van der Waals surface area contributed by atoms with E-state index < -0.39 is 0 Å². The summed E-state index contributed by atoms with van der Waals surface area (Å²) in [7, 11) is 5.33. The molecule has 0 saturated carbocycles. The molecule has 0 fully saturated rings. The number of amides is 1. The molecule has 1 aliphatic rings. The van der Waals surface area contributed by atoms with Crippen LogP contribution in [-0.2, 0) is 6.42 Å². The first-order valence-electron chi connectivity index (χ1n) is 9.50. The zero-order valence-electron chi connectivity index (χ0n) is 17.3. The summed E-state index contributed by atoms with van der Waals surface area (Å²) in [5, 5.41) is 3.07. The van der Waals surface area contributed by atoms with E-state index in [4.69, 9.17) is 10.5 Å². The normalized spacial score (nSPS) is 15.3. The summed E-state index contributed by atoms with van der Waals surface area (Å²) >= 11 is 0. The largest absolute Gasteiger partial charge is 0.478 e. The van der Waals surface area contributed by atoms with Gasteiger partial charge < -0.3 is 20.7 Å². The number of carbonyl (C=O) groups excluding carboxylic acids is 1. The van der Waals surface area contributed by atoms with E-state index in [1.54, 1.807) is 20.2 Å². The summed E-state index contributed by atoms with van der Waals surface area (Å²) in [4.78, 5) is 32.2. The van der Waals surface area contributed by atoms with Crippen LogP contribution in [0.15, 0.2) is 30.5 Å². The molecule has 154 valence electrons. The van der Waals surface area contributed by atoms with Crippen molar-refractivity contribution in [3.63, 3.8) is 0 Å². The number of nitrogen functional groups attached to an aromatic ring is 1. The van der Waals surface area contributed by atoms with Crippen LogP contribution in [0.5, 0.6) is 5.88 Å². The lowest BCUT2D eigenvalue weighted by atomic mass is 9.90. The Hall–Kier alpha value is -3.75. The Labute approximate surface area is 174 Å². The van der Waals surface area contributed by atoms with E-state index in [9.17, 15) is 4.79 Å². The van der Waals surface area contributed by atoms with Gasteiger partial charge in [0.1, 0.15) is 0 Å². The van der Waals surface area contributed by atoms with Crippen molar-refractivity contribution >= 4 is 17.7 Å². The van der Waals surface area contributed by atoms with Crippen LogP contribution in [0.2, 0.25) is 0 Å². The van der Waals surface area contributed by atoms with Crippen molar-refractivity contribution in [3.8, 4) is 17.1 Å². The summed E-state index contributed by atoms with van der Waals surface area (Å²) in [6.07, 6.45) is 2.21. The average molecular weight is 405 g/mol. The number of nitrogens with one attached hydrogen (secondary N) is 1. The first kappa shape index (κ1) is 19.6. The van der Waals surface area contributed by atoms with Crippen molar-refractivity contribution in [2.75, 3.05) is 31.8 Å². The van der Waals surface area contributed by atoms with E-state index in [2.05, 4.69) is 25.3 Å². The number of aryl methyl sites for hydroxylation is 1. The Morgan fingerprint density at radius 1 is 1.20 bits per heavy atom. The van der Waals surface area contributed by atoms with Crippen LogP contribution in [0, 0.1) is 6.92 Å². The second kappa shape index (κ2) is 7.58. The van der Waals surface area contributed by atoms with Crippen LogP contribution < -0.4 is 20.7 Å². The van der Waals surface area contributed by atoms with Gasteiger partial charge in [-0.15, -0.1) is 0 Å². The van der Waals surface area contributed by atoms with Crippen LogP contribution in [0.25, 0.3) is 11.3 Å². The monoisotopic (exact) mass is 405 g/mol. The summed E-state index contributed by atoms with van der Waals surface area (Å²) in [6, 6.07) is 7.50. The summed E-state index contributed by atoms with van der Waals surface area (Å²) in [5.74, 6) is 1.03. The van der Waals surface area contributed by atoms with E-state index >= 15 is 0 Å². The van der Waals surface area contributed by atoms with E-state index in [1.165, 1.54) is 0 Å². The maximum Gasteiger partial charge on any atom is 0.257 e.